The molecule has 0 amide bonds. The van der Waals surface area contributed by atoms with Gasteiger partial charge in [0.05, 0.1) is 0 Å². The monoisotopic (exact) mass is 268 g/mol. The molecule has 0 rings (SSSR count). The van der Waals surface area contributed by atoms with Crippen LogP contribution in [0.25, 0.3) is 0 Å². The van der Waals surface area contributed by atoms with Gasteiger partial charge in [0.2, 0.25) is 0 Å². The predicted octanol–water partition coefficient (Wildman–Crippen LogP) is 3.48. The van der Waals surface area contributed by atoms with Crippen molar-refractivity contribution >= 4 is 27.9 Å². The minimum atomic E-state index is -1.85. The molecular weight excluding hydrogens is 240 g/mol. The molecule has 0 saturated heterocycles. The first-order valence-electron chi connectivity index (χ1n) is 5.73. The van der Waals surface area contributed by atoms with Crippen molar-refractivity contribution in [3.8, 4) is 0 Å². The molecule has 0 bridgehead atoms. The highest BCUT2D eigenvalue weighted by Gasteiger charge is 2.30. The van der Waals surface area contributed by atoms with Gasteiger partial charge in [-0.15, -0.1) is 0 Å². The predicted molar refractivity (Wildman–Crippen MR) is 77.7 cm³/mol. The summed E-state index contributed by atoms with van der Waals surface area (Å²) in [7, 11) is -3.73. The van der Waals surface area contributed by atoms with Crippen molar-refractivity contribution in [3.63, 3.8) is 0 Å². The highest BCUT2D eigenvalue weighted by Crippen LogP contribution is 2.40. The fourth-order valence-corrected chi connectivity index (χ4v) is 12.3. The Bertz CT molecular complexity index is 181. The second-order valence-electron chi connectivity index (χ2n) is 5.28. The van der Waals surface area contributed by atoms with Crippen molar-refractivity contribution in [2.75, 3.05) is 18.8 Å². The summed E-state index contributed by atoms with van der Waals surface area (Å²) in [6, 6.07) is 1.29. The third kappa shape index (κ3) is 9.62. The van der Waals surface area contributed by atoms with E-state index in [4.69, 9.17) is 7.99 Å². The summed E-state index contributed by atoms with van der Waals surface area (Å²) in [5.41, 5.74) is 0. The van der Waals surface area contributed by atoms with Crippen LogP contribution in [0.5, 0.6) is 0 Å². The number of hydrogen-bond acceptors (Lipinski definition) is 2. The zero-order chi connectivity index (χ0) is 12.1. The van der Waals surface area contributed by atoms with E-state index in [1.54, 1.807) is 0 Å². The van der Waals surface area contributed by atoms with Gasteiger partial charge in [0, 0.05) is 0 Å². The summed E-state index contributed by atoms with van der Waals surface area (Å²) in [4.78, 5) is 0. The van der Waals surface area contributed by atoms with E-state index >= 15 is 0 Å². The maximum atomic E-state index is 6.19. The summed E-state index contributed by atoms with van der Waals surface area (Å²) < 4.78 is 12.3. The SMILES string of the molecule is CCCC[SiH](C)O[Si](C)(C)OS(C)(C)C. The minimum absolute atomic E-state index is 0.889. The van der Waals surface area contributed by atoms with Gasteiger partial charge in [0.1, 0.15) is 0 Å². The van der Waals surface area contributed by atoms with E-state index in [1.807, 2.05) is 0 Å². The summed E-state index contributed by atoms with van der Waals surface area (Å²) >= 11 is 0. The van der Waals surface area contributed by atoms with E-state index in [1.165, 1.54) is 18.9 Å². The van der Waals surface area contributed by atoms with Crippen LogP contribution in [-0.2, 0) is 7.99 Å². The molecule has 0 radical (unpaired) electrons. The molecule has 0 aromatic carbocycles. The number of rotatable bonds is 7. The summed E-state index contributed by atoms with van der Waals surface area (Å²) in [5.74, 6) is 0. The van der Waals surface area contributed by atoms with Gasteiger partial charge in [-0.2, -0.15) is 10.3 Å². The van der Waals surface area contributed by atoms with Crippen molar-refractivity contribution in [2.45, 2.75) is 45.5 Å². The fraction of sp³-hybridized carbons (Fsp3) is 1.00. The van der Waals surface area contributed by atoms with Gasteiger partial charge < -0.3 is 7.99 Å². The van der Waals surface area contributed by atoms with Crippen LogP contribution in [0.15, 0.2) is 0 Å². The lowest BCUT2D eigenvalue weighted by molar-refractivity contribution is 0.431. The van der Waals surface area contributed by atoms with Crippen LogP contribution in [0.4, 0.5) is 0 Å². The second kappa shape index (κ2) is 6.44. The van der Waals surface area contributed by atoms with E-state index in [-0.39, 0.29) is 0 Å². The number of unbranched alkanes of at least 4 members (excludes halogenated alkanes) is 1. The van der Waals surface area contributed by atoms with Crippen molar-refractivity contribution in [1.82, 2.24) is 0 Å². The average Bonchev–Trinajstić information content (AvgIpc) is 1.94. The van der Waals surface area contributed by atoms with Crippen LogP contribution in [0.3, 0.4) is 0 Å². The molecule has 0 aliphatic rings. The van der Waals surface area contributed by atoms with E-state index in [0.717, 1.165) is 0 Å². The molecule has 0 heterocycles. The Labute approximate surface area is 100 Å². The Hall–Kier alpha value is 0.704. The lowest BCUT2D eigenvalue weighted by Gasteiger charge is -2.36. The quantitative estimate of drug-likeness (QED) is 0.658. The maximum absolute atomic E-state index is 6.19. The highest BCUT2D eigenvalue weighted by molar-refractivity contribution is 8.28. The van der Waals surface area contributed by atoms with E-state index in [0.29, 0.717) is 0 Å². The maximum Gasteiger partial charge on any atom is 0.332 e. The van der Waals surface area contributed by atoms with Crippen molar-refractivity contribution in [2.24, 2.45) is 0 Å². The Morgan fingerprint density at radius 2 is 1.73 bits per heavy atom. The van der Waals surface area contributed by atoms with Gasteiger partial charge >= 0.3 is 8.56 Å². The third-order valence-corrected chi connectivity index (χ3v) is 10.6. The first-order valence-corrected chi connectivity index (χ1v) is 13.8. The van der Waals surface area contributed by atoms with E-state index in [9.17, 15) is 0 Å². The Balaban J connectivity index is 4.01. The first-order chi connectivity index (χ1) is 6.66. The fourth-order valence-electron chi connectivity index (χ4n) is 1.66. The van der Waals surface area contributed by atoms with Crippen LogP contribution in [0.1, 0.15) is 19.8 Å². The molecule has 1 unspecified atom stereocenters. The summed E-state index contributed by atoms with van der Waals surface area (Å²) in [5, 5.41) is 0. The Kier molecular flexibility index (Phi) is 6.74. The zero-order valence-electron chi connectivity index (χ0n) is 11.4. The van der Waals surface area contributed by atoms with Crippen LogP contribution < -0.4 is 0 Å². The molecule has 2 nitrogen and oxygen atoms in total. The third-order valence-electron chi connectivity index (χ3n) is 1.90. The van der Waals surface area contributed by atoms with Gasteiger partial charge in [-0.25, -0.2) is 0 Å². The molecule has 0 spiro atoms. The van der Waals surface area contributed by atoms with Gasteiger partial charge in [-0.3, -0.25) is 0 Å². The highest BCUT2D eigenvalue weighted by atomic mass is 32.3. The Morgan fingerprint density at radius 3 is 2.13 bits per heavy atom. The smallest absolute Gasteiger partial charge is 0.332 e. The second-order valence-corrected chi connectivity index (χ2v) is 15.3. The molecular formula is C10H28O2SSi2. The summed E-state index contributed by atoms with van der Waals surface area (Å²) in [6.07, 6.45) is 9.13. The summed E-state index contributed by atoms with van der Waals surface area (Å²) in [6.45, 7) is 8.90. The number of hydrogen-bond donors (Lipinski definition) is 0. The first kappa shape index (κ1) is 15.7. The van der Waals surface area contributed by atoms with E-state index < -0.39 is 27.9 Å². The topological polar surface area (TPSA) is 18.5 Å². The molecule has 94 valence electrons. The average molecular weight is 269 g/mol. The largest absolute Gasteiger partial charge is 0.438 e. The van der Waals surface area contributed by atoms with Crippen LogP contribution >= 0.6 is 10.3 Å². The van der Waals surface area contributed by atoms with Crippen LogP contribution in [-0.4, -0.2) is 36.4 Å². The molecule has 0 aliphatic carbocycles. The molecule has 0 aliphatic heterocycles. The van der Waals surface area contributed by atoms with Crippen molar-refractivity contribution in [3.05, 3.63) is 0 Å². The van der Waals surface area contributed by atoms with Gasteiger partial charge in [0.15, 0.2) is 9.04 Å². The molecule has 0 aromatic rings. The lowest BCUT2D eigenvalue weighted by atomic mass is 10.4. The molecule has 15 heavy (non-hydrogen) atoms. The molecule has 0 aromatic heterocycles. The molecule has 5 heteroatoms. The standard InChI is InChI=1S/C10H28O2SSi2/c1-8-9-10-14(5)12-15(6,7)11-13(2,3)4/h14H,8-10H2,1-7H3. The van der Waals surface area contributed by atoms with E-state index in [2.05, 4.69) is 45.3 Å². The Morgan fingerprint density at radius 1 is 1.20 bits per heavy atom. The van der Waals surface area contributed by atoms with Gasteiger partial charge in [-0.05, 0) is 44.5 Å². The lowest BCUT2D eigenvalue weighted by Crippen LogP contribution is -2.40. The van der Waals surface area contributed by atoms with Gasteiger partial charge in [-0.1, -0.05) is 19.8 Å². The minimum Gasteiger partial charge on any atom is -0.438 e. The molecule has 0 saturated carbocycles. The zero-order valence-corrected chi connectivity index (χ0v) is 14.4. The van der Waals surface area contributed by atoms with Crippen molar-refractivity contribution in [1.29, 1.82) is 0 Å². The van der Waals surface area contributed by atoms with Crippen molar-refractivity contribution < 1.29 is 7.99 Å². The normalized spacial score (nSPS) is 16.5. The molecule has 0 fully saturated rings. The molecule has 0 N–H and O–H groups in total. The van der Waals surface area contributed by atoms with Crippen LogP contribution in [0.2, 0.25) is 25.7 Å². The van der Waals surface area contributed by atoms with Gasteiger partial charge in [0.25, 0.3) is 0 Å². The van der Waals surface area contributed by atoms with Crippen LogP contribution in [0, 0.1) is 0 Å². The molecule has 1 atom stereocenters.